The second-order valence-electron chi connectivity index (χ2n) is 5.56. The summed E-state index contributed by atoms with van der Waals surface area (Å²) in [6.45, 7) is 5.44. The van der Waals surface area contributed by atoms with Crippen LogP contribution in [0, 0.1) is 6.92 Å². The van der Waals surface area contributed by atoms with Crippen LogP contribution in [-0.4, -0.2) is 29.4 Å². The summed E-state index contributed by atoms with van der Waals surface area (Å²) in [5.74, 6) is -0.322. The highest BCUT2D eigenvalue weighted by Crippen LogP contribution is 2.19. The first-order valence-corrected chi connectivity index (χ1v) is 7.64. The molecule has 21 heavy (non-hydrogen) atoms. The van der Waals surface area contributed by atoms with E-state index >= 15 is 0 Å². The highest BCUT2D eigenvalue weighted by Gasteiger charge is 2.32. The summed E-state index contributed by atoms with van der Waals surface area (Å²) < 4.78 is 5.12. The molecule has 1 fully saturated rings. The molecule has 1 aliphatic heterocycles. The number of hydrogen-bond acceptors (Lipinski definition) is 3. The number of hydrogen-bond donors (Lipinski definition) is 0. The molecule has 0 aromatic heterocycles. The van der Waals surface area contributed by atoms with Crippen molar-refractivity contribution in [1.29, 1.82) is 0 Å². The second-order valence-corrected chi connectivity index (χ2v) is 5.56. The molecule has 0 saturated carbocycles. The summed E-state index contributed by atoms with van der Waals surface area (Å²) in [6.07, 6.45) is 2.26. The Morgan fingerprint density at radius 1 is 1.38 bits per heavy atom. The van der Waals surface area contributed by atoms with Gasteiger partial charge in [-0.05, 0) is 24.5 Å². The van der Waals surface area contributed by atoms with Crippen LogP contribution in [0.5, 0.6) is 0 Å². The summed E-state index contributed by atoms with van der Waals surface area (Å²) in [7, 11) is 0. The van der Waals surface area contributed by atoms with E-state index in [1.807, 2.05) is 36.1 Å². The van der Waals surface area contributed by atoms with Gasteiger partial charge in [0, 0.05) is 25.9 Å². The molecule has 0 N–H and O–H groups in total. The van der Waals surface area contributed by atoms with E-state index in [2.05, 4.69) is 6.92 Å². The Hall–Kier alpha value is -1.84. The maximum absolute atomic E-state index is 12.6. The van der Waals surface area contributed by atoms with Crippen molar-refractivity contribution in [3.05, 3.63) is 35.4 Å². The lowest BCUT2D eigenvalue weighted by Gasteiger charge is -2.25. The van der Waals surface area contributed by atoms with Gasteiger partial charge in [0.15, 0.2) is 6.10 Å². The van der Waals surface area contributed by atoms with Crippen LogP contribution in [0.3, 0.4) is 0 Å². The highest BCUT2D eigenvalue weighted by atomic mass is 16.6. The zero-order valence-electron chi connectivity index (χ0n) is 12.8. The van der Waals surface area contributed by atoms with Crippen LogP contribution >= 0.6 is 0 Å². The Morgan fingerprint density at radius 3 is 2.76 bits per heavy atom. The van der Waals surface area contributed by atoms with Gasteiger partial charge in [-0.15, -0.1) is 0 Å². The van der Waals surface area contributed by atoms with Crippen LogP contribution in [0.25, 0.3) is 0 Å². The number of esters is 1. The SMILES string of the molecule is CCCCN(Cc1ccccc1C)C(=O)[C@@H]1CCC(=O)O1. The summed E-state index contributed by atoms with van der Waals surface area (Å²) in [6, 6.07) is 8.08. The van der Waals surface area contributed by atoms with Gasteiger partial charge in [-0.2, -0.15) is 0 Å². The average Bonchev–Trinajstić information content (AvgIpc) is 2.91. The van der Waals surface area contributed by atoms with E-state index in [4.69, 9.17) is 4.74 Å². The van der Waals surface area contributed by atoms with E-state index < -0.39 is 6.10 Å². The van der Waals surface area contributed by atoms with Crippen LogP contribution < -0.4 is 0 Å². The minimum Gasteiger partial charge on any atom is -0.452 e. The largest absolute Gasteiger partial charge is 0.452 e. The fraction of sp³-hybridized carbons (Fsp3) is 0.529. The molecule has 2 rings (SSSR count). The number of cyclic esters (lactones) is 1. The molecule has 1 aromatic carbocycles. The molecular weight excluding hydrogens is 266 g/mol. The Labute approximate surface area is 126 Å². The van der Waals surface area contributed by atoms with Crippen molar-refractivity contribution >= 4 is 11.9 Å². The van der Waals surface area contributed by atoms with Gasteiger partial charge < -0.3 is 9.64 Å². The quantitative estimate of drug-likeness (QED) is 0.757. The number of benzene rings is 1. The number of ether oxygens (including phenoxy) is 1. The minimum atomic E-state index is -0.585. The number of aryl methyl sites for hydroxylation is 1. The predicted molar refractivity (Wildman–Crippen MR) is 80.6 cm³/mol. The van der Waals surface area contributed by atoms with Gasteiger partial charge >= 0.3 is 5.97 Å². The van der Waals surface area contributed by atoms with Gasteiger partial charge in [-0.3, -0.25) is 9.59 Å². The Kier molecular flexibility index (Phi) is 5.37. The van der Waals surface area contributed by atoms with Crippen molar-refractivity contribution in [1.82, 2.24) is 4.90 Å². The molecule has 1 heterocycles. The first kappa shape index (κ1) is 15.5. The molecule has 4 heteroatoms. The topological polar surface area (TPSA) is 46.6 Å². The van der Waals surface area contributed by atoms with Crippen molar-refractivity contribution in [3.63, 3.8) is 0 Å². The van der Waals surface area contributed by atoms with Gasteiger partial charge in [0.05, 0.1) is 0 Å². The first-order valence-electron chi connectivity index (χ1n) is 7.64. The number of rotatable bonds is 6. The molecule has 1 atom stereocenters. The summed E-state index contributed by atoms with van der Waals surface area (Å²) in [4.78, 5) is 25.6. The van der Waals surface area contributed by atoms with E-state index in [0.717, 1.165) is 18.4 Å². The number of carbonyl (C=O) groups is 2. The van der Waals surface area contributed by atoms with Gasteiger partial charge in [0.2, 0.25) is 0 Å². The molecule has 114 valence electrons. The third-order valence-electron chi connectivity index (χ3n) is 3.88. The first-order chi connectivity index (χ1) is 10.1. The van der Waals surface area contributed by atoms with E-state index in [1.165, 1.54) is 5.56 Å². The van der Waals surface area contributed by atoms with Crippen molar-refractivity contribution in [3.8, 4) is 0 Å². The normalized spacial score (nSPS) is 17.6. The van der Waals surface area contributed by atoms with Crippen LogP contribution in [0.2, 0.25) is 0 Å². The molecular formula is C17H23NO3. The van der Waals surface area contributed by atoms with Crippen molar-refractivity contribution < 1.29 is 14.3 Å². The molecule has 1 aromatic rings. The molecule has 0 spiro atoms. The van der Waals surface area contributed by atoms with E-state index in [0.29, 0.717) is 25.9 Å². The Bertz CT molecular complexity index is 513. The summed E-state index contributed by atoms with van der Waals surface area (Å²) in [5, 5.41) is 0. The van der Waals surface area contributed by atoms with Crippen molar-refractivity contribution in [2.24, 2.45) is 0 Å². The number of amides is 1. The molecule has 1 saturated heterocycles. The maximum atomic E-state index is 12.6. The Balaban J connectivity index is 2.08. The van der Waals surface area contributed by atoms with Crippen molar-refractivity contribution in [2.45, 2.75) is 52.2 Å². The summed E-state index contributed by atoms with van der Waals surface area (Å²) >= 11 is 0. The van der Waals surface area contributed by atoms with Gasteiger partial charge in [-0.25, -0.2) is 0 Å². The number of carbonyl (C=O) groups excluding carboxylic acids is 2. The lowest BCUT2D eigenvalue weighted by molar-refractivity contribution is -0.153. The zero-order chi connectivity index (χ0) is 15.2. The lowest BCUT2D eigenvalue weighted by atomic mass is 10.1. The average molecular weight is 289 g/mol. The zero-order valence-corrected chi connectivity index (χ0v) is 12.8. The fourth-order valence-corrected chi connectivity index (χ4v) is 2.51. The maximum Gasteiger partial charge on any atom is 0.306 e. The van der Waals surface area contributed by atoms with E-state index in [9.17, 15) is 9.59 Å². The molecule has 1 amide bonds. The molecule has 0 radical (unpaired) electrons. The van der Waals surface area contributed by atoms with Crippen LogP contribution in [0.1, 0.15) is 43.7 Å². The standard InChI is InChI=1S/C17H23NO3/c1-3-4-11-18(12-14-8-6-5-7-13(14)2)17(20)15-9-10-16(19)21-15/h5-8,15H,3-4,9-12H2,1-2H3/t15-/m0/s1. The number of unbranched alkanes of at least 4 members (excludes halogenated alkanes) is 1. The third-order valence-corrected chi connectivity index (χ3v) is 3.88. The van der Waals surface area contributed by atoms with Crippen molar-refractivity contribution in [2.75, 3.05) is 6.54 Å². The third kappa shape index (κ3) is 4.06. The van der Waals surface area contributed by atoms with Crippen LogP contribution in [0.15, 0.2) is 24.3 Å². The van der Waals surface area contributed by atoms with E-state index in [-0.39, 0.29) is 11.9 Å². The Morgan fingerprint density at radius 2 is 2.14 bits per heavy atom. The van der Waals surface area contributed by atoms with Gasteiger partial charge in [0.25, 0.3) is 5.91 Å². The smallest absolute Gasteiger partial charge is 0.306 e. The molecule has 0 aliphatic carbocycles. The van der Waals surface area contributed by atoms with Crippen LogP contribution in [-0.2, 0) is 20.9 Å². The van der Waals surface area contributed by atoms with E-state index in [1.54, 1.807) is 0 Å². The fourth-order valence-electron chi connectivity index (χ4n) is 2.51. The molecule has 1 aliphatic rings. The second kappa shape index (κ2) is 7.25. The van der Waals surface area contributed by atoms with Crippen LogP contribution in [0.4, 0.5) is 0 Å². The molecule has 4 nitrogen and oxygen atoms in total. The monoisotopic (exact) mass is 289 g/mol. The number of nitrogens with zero attached hydrogens (tertiary/aromatic N) is 1. The summed E-state index contributed by atoms with van der Waals surface area (Å²) in [5.41, 5.74) is 2.32. The highest BCUT2D eigenvalue weighted by molar-refractivity contribution is 5.86. The molecule has 0 unspecified atom stereocenters. The lowest BCUT2D eigenvalue weighted by Crippen LogP contribution is -2.39. The van der Waals surface area contributed by atoms with Gasteiger partial charge in [0.1, 0.15) is 0 Å². The predicted octanol–water partition coefficient (Wildman–Crippen LogP) is 2.83. The molecule has 0 bridgehead atoms. The minimum absolute atomic E-state index is 0.0578. The van der Waals surface area contributed by atoms with Gasteiger partial charge in [-0.1, -0.05) is 37.6 Å².